The second-order valence-corrected chi connectivity index (χ2v) is 5.68. The summed E-state index contributed by atoms with van der Waals surface area (Å²) in [6.07, 6.45) is 3.77. The minimum atomic E-state index is -0.403. The fourth-order valence-electron chi connectivity index (χ4n) is 2.57. The van der Waals surface area contributed by atoms with Gasteiger partial charge in [0.1, 0.15) is 0 Å². The average molecular weight is 286 g/mol. The van der Waals surface area contributed by atoms with E-state index < -0.39 is 6.10 Å². The maximum absolute atomic E-state index is 10.3. The first-order valence-electron chi connectivity index (χ1n) is 6.60. The molecule has 1 aromatic rings. The number of halogens is 1. The molecule has 1 N–H and O–H groups in total. The molecule has 0 saturated carbocycles. The molecule has 2 rings (SSSR count). The van der Waals surface area contributed by atoms with E-state index in [1.807, 2.05) is 18.2 Å². The van der Waals surface area contributed by atoms with Crippen LogP contribution in [0.3, 0.4) is 0 Å². The van der Waals surface area contributed by atoms with Gasteiger partial charge in [0, 0.05) is 11.6 Å². The second-order valence-electron chi connectivity index (χ2n) is 4.86. The smallest absolute Gasteiger partial charge is 0.0805 e. The van der Waals surface area contributed by atoms with E-state index >= 15 is 0 Å². The number of hydrogen-bond acceptors (Lipinski definition) is 2. The molecular formula is C14H21ClNOP. The van der Waals surface area contributed by atoms with Gasteiger partial charge in [-0.05, 0) is 55.7 Å². The summed E-state index contributed by atoms with van der Waals surface area (Å²) in [7, 11) is 2.68. The molecule has 4 heteroatoms. The number of nitrogens with zero attached hydrogens (tertiary/aromatic N) is 1. The van der Waals surface area contributed by atoms with Crippen molar-refractivity contribution in [3.05, 3.63) is 34.3 Å². The molecule has 0 aromatic heterocycles. The van der Waals surface area contributed by atoms with Crippen molar-refractivity contribution in [2.45, 2.75) is 31.5 Å². The van der Waals surface area contributed by atoms with E-state index in [4.69, 9.17) is 11.6 Å². The molecule has 1 heterocycles. The van der Waals surface area contributed by atoms with Gasteiger partial charge in [0.15, 0.2) is 0 Å². The van der Waals surface area contributed by atoms with E-state index in [-0.39, 0.29) is 0 Å². The van der Waals surface area contributed by atoms with Gasteiger partial charge >= 0.3 is 0 Å². The average Bonchev–Trinajstić information content (AvgIpc) is 2.88. The van der Waals surface area contributed by atoms with E-state index in [2.05, 4.69) is 14.1 Å². The first-order chi connectivity index (χ1) is 8.72. The Hall–Kier alpha value is -0.140. The van der Waals surface area contributed by atoms with Crippen LogP contribution in [0.2, 0.25) is 5.02 Å². The van der Waals surface area contributed by atoms with E-state index in [9.17, 15) is 5.11 Å². The van der Waals surface area contributed by atoms with E-state index in [0.29, 0.717) is 0 Å². The maximum atomic E-state index is 10.3. The fourth-order valence-corrected chi connectivity index (χ4v) is 3.41. The number of likely N-dealkylation sites (tertiary alicyclic amines) is 1. The molecule has 1 saturated heterocycles. The topological polar surface area (TPSA) is 23.5 Å². The highest BCUT2D eigenvalue weighted by molar-refractivity contribution is 7.15. The van der Waals surface area contributed by atoms with Crippen LogP contribution in [0.15, 0.2) is 18.2 Å². The van der Waals surface area contributed by atoms with E-state index in [1.165, 1.54) is 25.9 Å². The molecule has 0 radical (unpaired) electrons. The van der Waals surface area contributed by atoms with Gasteiger partial charge in [0.25, 0.3) is 0 Å². The number of hydrogen-bond donors (Lipinski definition) is 1. The molecule has 18 heavy (non-hydrogen) atoms. The Labute approximate surface area is 117 Å². The number of aliphatic hydroxyl groups excluding tert-OH is 1. The minimum absolute atomic E-state index is 0.403. The number of benzene rings is 1. The Morgan fingerprint density at radius 1 is 1.33 bits per heavy atom. The molecule has 0 amide bonds. The molecule has 0 spiro atoms. The molecular weight excluding hydrogens is 265 g/mol. The van der Waals surface area contributed by atoms with Crippen molar-refractivity contribution in [3.63, 3.8) is 0 Å². The van der Waals surface area contributed by atoms with Crippen LogP contribution in [-0.2, 0) is 6.16 Å². The second kappa shape index (κ2) is 6.86. The van der Waals surface area contributed by atoms with Crippen LogP contribution in [0.5, 0.6) is 0 Å². The summed E-state index contributed by atoms with van der Waals surface area (Å²) in [6, 6.07) is 5.79. The first-order valence-corrected chi connectivity index (χ1v) is 7.79. The lowest BCUT2D eigenvalue weighted by molar-refractivity contribution is 0.148. The van der Waals surface area contributed by atoms with Crippen molar-refractivity contribution in [2.75, 3.05) is 19.6 Å². The number of aliphatic hydroxyl groups is 1. The third kappa shape index (κ3) is 3.45. The lowest BCUT2D eigenvalue weighted by Gasteiger charge is -2.19. The normalized spacial score (nSPS) is 18.2. The Kier molecular flexibility index (Phi) is 5.44. The summed E-state index contributed by atoms with van der Waals surface area (Å²) in [5, 5.41) is 11.1. The summed E-state index contributed by atoms with van der Waals surface area (Å²) >= 11 is 6.17. The third-order valence-corrected chi connectivity index (χ3v) is 4.40. The van der Waals surface area contributed by atoms with Crippen molar-refractivity contribution in [1.29, 1.82) is 0 Å². The lowest BCUT2D eigenvalue weighted by atomic mass is 10.0. The summed E-state index contributed by atoms with van der Waals surface area (Å²) in [5.41, 5.74) is 2.04. The van der Waals surface area contributed by atoms with E-state index in [0.717, 1.165) is 35.3 Å². The number of rotatable bonds is 5. The summed E-state index contributed by atoms with van der Waals surface area (Å²) in [6.45, 7) is 3.33. The molecule has 1 aliphatic rings. The highest BCUT2D eigenvalue weighted by Gasteiger charge is 2.17. The van der Waals surface area contributed by atoms with Crippen LogP contribution >= 0.6 is 20.8 Å². The Morgan fingerprint density at radius 3 is 2.72 bits per heavy atom. The zero-order chi connectivity index (χ0) is 13.0. The maximum Gasteiger partial charge on any atom is 0.0805 e. The Balaban J connectivity index is 1.99. The van der Waals surface area contributed by atoms with Crippen LogP contribution in [0, 0.1) is 0 Å². The van der Waals surface area contributed by atoms with Gasteiger partial charge in [-0.1, -0.05) is 23.7 Å². The van der Waals surface area contributed by atoms with Crippen LogP contribution in [0.4, 0.5) is 0 Å². The van der Waals surface area contributed by atoms with Crippen molar-refractivity contribution in [1.82, 2.24) is 4.90 Å². The van der Waals surface area contributed by atoms with Crippen LogP contribution in [0.25, 0.3) is 0 Å². The largest absolute Gasteiger partial charge is 0.388 e. The molecule has 0 bridgehead atoms. The SMILES string of the molecule is O[C@@H](CCN1CCCC1)c1cccc(Cl)c1CP. The monoisotopic (exact) mass is 285 g/mol. The van der Waals surface area contributed by atoms with E-state index in [1.54, 1.807) is 0 Å². The predicted octanol–water partition coefficient (Wildman–Crippen LogP) is 3.23. The van der Waals surface area contributed by atoms with Crippen LogP contribution in [0.1, 0.15) is 36.5 Å². The lowest BCUT2D eigenvalue weighted by Crippen LogP contribution is -2.22. The van der Waals surface area contributed by atoms with Gasteiger partial charge in [-0.15, -0.1) is 9.24 Å². The minimum Gasteiger partial charge on any atom is -0.388 e. The molecule has 2 atom stereocenters. The van der Waals surface area contributed by atoms with Gasteiger partial charge in [0.05, 0.1) is 6.10 Å². The molecule has 1 fully saturated rings. The zero-order valence-corrected chi connectivity index (χ0v) is 12.5. The van der Waals surface area contributed by atoms with Gasteiger partial charge in [-0.2, -0.15) is 0 Å². The van der Waals surface area contributed by atoms with Crippen LogP contribution < -0.4 is 0 Å². The molecule has 0 aliphatic carbocycles. The van der Waals surface area contributed by atoms with Crippen molar-refractivity contribution in [2.24, 2.45) is 0 Å². The molecule has 2 nitrogen and oxygen atoms in total. The van der Waals surface area contributed by atoms with Crippen LogP contribution in [-0.4, -0.2) is 29.6 Å². The summed E-state index contributed by atoms with van der Waals surface area (Å²) in [4.78, 5) is 2.42. The molecule has 100 valence electrons. The standard InChI is InChI=1S/C14H21ClNOP/c15-13-5-3-4-11(12(13)10-18)14(17)6-9-16-7-1-2-8-16/h3-5,14,17H,1-2,6-10,18H2/t14-/m0/s1. The van der Waals surface area contributed by atoms with Crippen molar-refractivity contribution < 1.29 is 5.11 Å². The predicted molar refractivity (Wildman–Crippen MR) is 80.1 cm³/mol. The van der Waals surface area contributed by atoms with Crippen molar-refractivity contribution in [3.8, 4) is 0 Å². The summed E-state index contributed by atoms with van der Waals surface area (Å²) < 4.78 is 0. The Morgan fingerprint density at radius 2 is 2.06 bits per heavy atom. The highest BCUT2D eigenvalue weighted by atomic mass is 35.5. The van der Waals surface area contributed by atoms with Gasteiger partial charge in [0.2, 0.25) is 0 Å². The molecule has 1 aliphatic heterocycles. The highest BCUT2D eigenvalue weighted by Crippen LogP contribution is 2.29. The first kappa shape index (κ1) is 14.3. The molecule has 1 unspecified atom stereocenters. The Bertz CT molecular complexity index is 393. The molecule has 1 aromatic carbocycles. The zero-order valence-electron chi connectivity index (χ0n) is 10.6. The van der Waals surface area contributed by atoms with Gasteiger partial charge < -0.3 is 10.0 Å². The van der Waals surface area contributed by atoms with Gasteiger partial charge in [-0.25, -0.2) is 0 Å². The summed E-state index contributed by atoms with van der Waals surface area (Å²) in [5.74, 6) is 0. The van der Waals surface area contributed by atoms with Crippen molar-refractivity contribution >= 4 is 20.8 Å². The fraction of sp³-hybridized carbons (Fsp3) is 0.571. The third-order valence-electron chi connectivity index (χ3n) is 3.64. The quantitative estimate of drug-likeness (QED) is 0.840. The van der Waals surface area contributed by atoms with Gasteiger partial charge in [-0.3, -0.25) is 0 Å².